The number of nitrogens with zero attached hydrogens (tertiary/aromatic N) is 6. The minimum Gasteiger partial charge on any atom is -0.369 e. The van der Waals surface area contributed by atoms with Crippen LogP contribution in [0, 0.1) is 13.8 Å². The Balaban J connectivity index is 1.72. The fraction of sp³-hybridized carbons (Fsp3) is 0.526. The Morgan fingerprint density at radius 2 is 1.96 bits per heavy atom. The van der Waals surface area contributed by atoms with E-state index in [0.717, 1.165) is 55.9 Å². The number of rotatable bonds is 9. The van der Waals surface area contributed by atoms with Crippen LogP contribution in [0.1, 0.15) is 24.1 Å². The maximum Gasteiger partial charge on any atom is 0.145 e. The van der Waals surface area contributed by atoms with Gasteiger partial charge >= 0.3 is 0 Å². The van der Waals surface area contributed by atoms with Crippen LogP contribution >= 0.6 is 0 Å². The van der Waals surface area contributed by atoms with Gasteiger partial charge in [-0.3, -0.25) is 0 Å². The molecule has 0 atom stereocenters. The number of nitrogens with one attached hydrogen (secondary N) is 1. The van der Waals surface area contributed by atoms with Crippen molar-refractivity contribution in [3.8, 4) is 0 Å². The molecule has 26 heavy (non-hydrogen) atoms. The van der Waals surface area contributed by atoms with Crippen molar-refractivity contribution in [3.63, 3.8) is 0 Å². The van der Waals surface area contributed by atoms with Crippen LogP contribution in [-0.4, -0.2) is 56.2 Å². The Labute approximate surface area is 155 Å². The number of hydrogen-bond acceptors (Lipinski definition) is 5. The van der Waals surface area contributed by atoms with Gasteiger partial charge in [0, 0.05) is 37.7 Å². The molecule has 0 unspecified atom stereocenters. The Morgan fingerprint density at radius 1 is 1.12 bits per heavy atom. The van der Waals surface area contributed by atoms with Crippen LogP contribution < -0.4 is 5.32 Å². The summed E-state index contributed by atoms with van der Waals surface area (Å²) in [4.78, 5) is 15.4. The van der Waals surface area contributed by atoms with Gasteiger partial charge in [-0.1, -0.05) is 0 Å². The molecule has 0 aliphatic rings. The smallest absolute Gasteiger partial charge is 0.145 e. The van der Waals surface area contributed by atoms with Crippen molar-refractivity contribution in [1.29, 1.82) is 0 Å². The van der Waals surface area contributed by atoms with Gasteiger partial charge in [-0.25, -0.2) is 15.0 Å². The van der Waals surface area contributed by atoms with Crippen molar-refractivity contribution in [2.45, 2.75) is 39.8 Å². The summed E-state index contributed by atoms with van der Waals surface area (Å²) in [5.41, 5.74) is 3.58. The van der Waals surface area contributed by atoms with Crippen molar-refractivity contribution >= 4 is 16.9 Å². The largest absolute Gasteiger partial charge is 0.369 e. The maximum atomic E-state index is 4.58. The molecule has 0 fully saturated rings. The topological polar surface area (TPSA) is 63.8 Å². The molecular formula is C19H29N7. The highest BCUT2D eigenvalue weighted by Gasteiger charge is 2.16. The van der Waals surface area contributed by atoms with E-state index in [0.29, 0.717) is 0 Å². The zero-order chi connectivity index (χ0) is 18.5. The summed E-state index contributed by atoms with van der Waals surface area (Å²) in [7, 11) is 4.22. The predicted octanol–water partition coefficient (Wildman–Crippen LogP) is 2.70. The van der Waals surface area contributed by atoms with Crippen LogP contribution in [0.25, 0.3) is 11.0 Å². The second-order valence-electron chi connectivity index (χ2n) is 7.02. The van der Waals surface area contributed by atoms with E-state index in [9.17, 15) is 0 Å². The molecule has 0 aromatic carbocycles. The average molecular weight is 355 g/mol. The molecule has 3 aromatic heterocycles. The Hall–Kier alpha value is -2.41. The third kappa shape index (κ3) is 4.04. The van der Waals surface area contributed by atoms with Crippen LogP contribution in [0.4, 0.5) is 5.82 Å². The van der Waals surface area contributed by atoms with Crippen molar-refractivity contribution in [2.24, 2.45) is 0 Å². The fourth-order valence-corrected chi connectivity index (χ4v) is 3.31. The first-order valence-corrected chi connectivity index (χ1v) is 9.22. The van der Waals surface area contributed by atoms with E-state index >= 15 is 0 Å². The van der Waals surface area contributed by atoms with Gasteiger partial charge in [0.25, 0.3) is 0 Å². The van der Waals surface area contributed by atoms with Crippen LogP contribution in [0.3, 0.4) is 0 Å². The first-order chi connectivity index (χ1) is 12.6. The van der Waals surface area contributed by atoms with Gasteiger partial charge in [-0.2, -0.15) is 0 Å². The van der Waals surface area contributed by atoms with E-state index in [2.05, 4.69) is 62.2 Å². The van der Waals surface area contributed by atoms with Gasteiger partial charge in [0.15, 0.2) is 0 Å². The van der Waals surface area contributed by atoms with Gasteiger partial charge < -0.3 is 19.4 Å². The molecule has 0 amide bonds. The molecule has 0 aliphatic carbocycles. The highest BCUT2D eigenvalue weighted by Crippen LogP contribution is 2.28. The summed E-state index contributed by atoms with van der Waals surface area (Å²) in [5, 5.41) is 4.65. The van der Waals surface area contributed by atoms with Crippen molar-refractivity contribution < 1.29 is 0 Å². The Kier molecular flexibility index (Phi) is 5.88. The minimum atomic E-state index is 0.870. The first-order valence-electron chi connectivity index (χ1n) is 9.22. The molecule has 0 saturated heterocycles. The van der Waals surface area contributed by atoms with Gasteiger partial charge in [-0.15, -0.1) is 0 Å². The molecule has 0 bridgehead atoms. The zero-order valence-corrected chi connectivity index (χ0v) is 16.2. The van der Waals surface area contributed by atoms with Gasteiger partial charge in [0.1, 0.15) is 17.8 Å². The molecule has 1 N–H and O–H groups in total. The minimum absolute atomic E-state index is 0.870. The second kappa shape index (κ2) is 8.31. The molecule has 0 radical (unpaired) electrons. The summed E-state index contributed by atoms with van der Waals surface area (Å²) in [6.07, 6.45) is 9.45. The first kappa shape index (κ1) is 18.4. The summed E-state index contributed by atoms with van der Waals surface area (Å²) < 4.78 is 4.42. The highest BCUT2D eigenvalue weighted by atomic mass is 15.1. The quantitative estimate of drug-likeness (QED) is 0.598. The molecule has 0 spiro atoms. The molecule has 140 valence electrons. The van der Waals surface area contributed by atoms with Crippen LogP contribution in [0.2, 0.25) is 0 Å². The fourth-order valence-electron chi connectivity index (χ4n) is 3.31. The molecule has 7 nitrogen and oxygen atoms in total. The summed E-state index contributed by atoms with van der Waals surface area (Å²) >= 11 is 0. The maximum absolute atomic E-state index is 4.58. The number of aromatic nitrogens is 5. The van der Waals surface area contributed by atoms with E-state index < -0.39 is 0 Å². The summed E-state index contributed by atoms with van der Waals surface area (Å²) in [5.74, 6) is 0.938. The van der Waals surface area contributed by atoms with Crippen LogP contribution in [-0.2, 0) is 13.1 Å². The molecular weight excluding hydrogens is 326 g/mol. The van der Waals surface area contributed by atoms with Crippen LogP contribution in [0.15, 0.2) is 25.0 Å². The monoisotopic (exact) mass is 355 g/mol. The SMILES string of the molecule is Cc1c(C)n(CCCN(C)C)c2ncnc(NCCCn3ccnc3)c12. The number of imidazole rings is 1. The van der Waals surface area contributed by atoms with Gasteiger partial charge in [0.05, 0.1) is 11.7 Å². The Bertz CT molecular complexity index is 833. The van der Waals surface area contributed by atoms with E-state index in [-0.39, 0.29) is 0 Å². The van der Waals surface area contributed by atoms with E-state index in [1.165, 1.54) is 11.3 Å². The normalized spacial score (nSPS) is 11.6. The summed E-state index contributed by atoms with van der Waals surface area (Å²) in [6.45, 7) is 8.21. The van der Waals surface area contributed by atoms with Gasteiger partial charge in [0.2, 0.25) is 0 Å². The number of fused-ring (bicyclic) bond motifs is 1. The van der Waals surface area contributed by atoms with Crippen molar-refractivity contribution in [1.82, 2.24) is 29.0 Å². The predicted molar refractivity (Wildman–Crippen MR) is 106 cm³/mol. The molecule has 0 aliphatic heterocycles. The van der Waals surface area contributed by atoms with E-state index in [4.69, 9.17) is 0 Å². The van der Waals surface area contributed by atoms with Gasteiger partial charge in [-0.05, 0) is 52.9 Å². The highest BCUT2D eigenvalue weighted by molar-refractivity contribution is 5.91. The van der Waals surface area contributed by atoms with E-state index in [1.807, 2.05) is 18.7 Å². The van der Waals surface area contributed by atoms with Crippen molar-refractivity contribution in [3.05, 3.63) is 36.3 Å². The van der Waals surface area contributed by atoms with Crippen LogP contribution in [0.5, 0.6) is 0 Å². The molecule has 3 heterocycles. The second-order valence-corrected chi connectivity index (χ2v) is 7.02. The van der Waals surface area contributed by atoms with Crippen molar-refractivity contribution in [2.75, 3.05) is 32.5 Å². The van der Waals surface area contributed by atoms with E-state index in [1.54, 1.807) is 6.33 Å². The lowest BCUT2D eigenvalue weighted by Gasteiger charge is -2.12. The standard InChI is InChI=1S/C19H29N7/c1-15-16(2)26(11-6-9-24(3)4)19-17(15)18(22-13-23-19)21-7-5-10-25-12-8-20-14-25/h8,12-14H,5-7,9-11H2,1-4H3,(H,21,22,23). The molecule has 7 heteroatoms. The lowest BCUT2D eigenvalue weighted by Crippen LogP contribution is -2.15. The third-order valence-corrected chi connectivity index (χ3v) is 4.84. The zero-order valence-electron chi connectivity index (χ0n) is 16.2. The number of anilines is 1. The molecule has 3 aromatic rings. The lowest BCUT2D eigenvalue weighted by atomic mass is 10.2. The molecule has 0 saturated carbocycles. The number of aryl methyl sites for hydroxylation is 3. The average Bonchev–Trinajstić information content (AvgIpc) is 3.21. The molecule has 3 rings (SSSR count). The number of hydrogen-bond donors (Lipinski definition) is 1. The third-order valence-electron chi connectivity index (χ3n) is 4.84. The summed E-state index contributed by atoms with van der Waals surface area (Å²) in [6, 6.07) is 0. The lowest BCUT2D eigenvalue weighted by molar-refractivity contribution is 0.387. The Morgan fingerprint density at radius 3 is 2.69 bits per heavy atom.